The topological polar surface area (TPSA) is 27.1 Å². The molecule has 1 heterocycles. The molecule has 0 spiro atoms. The molecule has 0 saturated heterocycles. The highest BCUT2D eigenvalue weighted by Gasteiger charge is 2.15. The van der Waals surface area contributed by atoms with E-state index in [2.05, 4.69) is 28.0 Å². The quantitative estimate of drug-likeness (QED) is 0.685. The van der Waals surface area contributed by atoms with Crippen LogP contribution < -0.4 is 4.74 Å². The van der Waals surface area contributed by atoms with E-state index in [1.165, 1.54) is 12.1 Å². The average Bonchev–Trinajstić information content (AvgIpc) is 2.81. The van der Waals surface area contributed by atoms with E-state index in [4.69, 9.17) is 16.3 Å². The zero-order valence-electron chi connectivity index (χ0n) is 12.0. The lowest BCUT2D eigenvalue weighted by molar-refractivity contribution is 0.289. The molecule has 2 rings (SSSR count). The van der Waals surface area contributed by atoms with E-state index in [1.54, 1.807) is 6.07 Å². The second-order valence-electron chi connectivity index (χ2n) is 4.55. The van der Waals surface area contributed by atoms with Gasteiger partial charge in [0.05, 0.1) is 21.7 Å². The van der Waals surface area contributed by atoms with E-state index in [1.807, 2.05) is 11.6 Å². The fourth-order valence-electron chi connectivity index (χ4n) is 2.09. The molecule has 114 valence electrons. The molecule has 0 aliphatic carbocycles. The van der Waals surface area contributed by atoms with Gasteiger partial charge in [-0.05, 0) is 47.5 Å². The van der Waals surface area contributed by atoms with Gasteiger partial charge in [0.1, 0.15) is 18.2 Å². The second kappa shape index (κ2) is 7.27. The molecule has 0 fully saturated rings. The van der Waals surface area contributed by atoms with Crippen molar-refractivity contribution < 1.29 is 9.13 Å². The molecule has 0 aliphatic rings. The summed E-state index contributed by atoms with van der Waals surface area (Å²) in [5, 5.41) is 4.52. The minimum absolute atomic E-state index is 0.210. The monoisotopic (exact) mass is 374 g/mol. The van der Waals surface area contributed by atoms with Crippen LogP contribution in [0.2, 0.25) is 0 Å². The number of nitrogens with zero attached hydrogens (tertiary/aromatic N) is 2. The van der Waals surface area contributed by atoms with Crippen LogP contribution in [0.1, 0.15) is 30.8 Å². The average molecular weight is 376 g/mol. The zero-order valence-corrected chi connectivity index (χ0v) is 14.3. The molecular weight excluding hydrogens is 359 g/mol. The number of hydrogen-bond acceptors (Lipinski definition) is 2. The molecule has 2 aromatic rings. The van der Waals surface area contributed by atoms with E-state index >= 15 is 0 Å². The highest BCUT2D eigenvalue weighted by atomic mass is 79.9. The predicted molar refractivity (Wildman–Crippen MR) is 85.3 cm³/mol. The summed E-state index contributed by atoms with van der Waals surface area (Å²) in [6, 6.07) is 4.37. The number of rotatable bonds is 6. The minimum atomic E-state index is -0.314. The molecule has 0 unspecified atom stereocenters. The van der Waals surface area contributed by atoms with Crippen LogP contribution in [0.15, 0.2) is 22.7 Å². The van der Waals surface area contributed by atoms with Gasteiger partial charge in [-0.2, -0.15) is 5.10 Å². The highest BCUT2D eigenvalue weighted by molar-refractivity contribution is 9.10. The first-order chi connectivity index (χ1) is 10.1. The van der Waals surface area contributed by atoms with Gasteiger partial charge >= 0.3 is 0 Å². The summed E-state index contributed by atoms with van der Waals surface area (Å²) in [4.78, 5) is 0. The number of ether oxygens (including phenoxy) is 1. The van der Waals surface area contributed by atoms with Crippen molar-refractivity contribution in [3.05, 3.63) is 45.4 Å². The van der Waals surface area contributed by atoms with Gasteiger partial charge < -0.3 is 4.74 Å². The Morgan fingerprint density at radius 1 is 1.38 bits per heavy atom. The van der Waals surface area contributed by atoms with Crippen molar-refractivity contribution >= 4 is 27.5 Å². The predicted octanol–water partition coefficient (Wildman–Crippen LogP) is 4.68. The van der Waals surface area contributed by atoms with Crippen molar-refractivity contribution in [1.29, 1.82) is 0 Å². The smallest absolute Gasteiger partial charge is 0.131 e. The van der Waals surface area contributed by atoms with Crippen molar-refractivity contribution in [3.63, 3.8) is 0 Å². The lowest BCUT2D eigenvalue weighted by atomic mass is 10.2. The Hall–Kier alpha value is -1.07. The third-order valence-corrected chi connectivity index (χ3v) is 4.43. The van der Waals surface area contributed by atoms with Gasteiger partial charge in [-0.15, -0.1) is 11.6 Å². The van der Waals surface area contributed by atoms with Crippen molar-refractivity contribution in [2.24, 2.45) is 0 Å². The van der Waals surface area contributed by atoms with Crippen LogP contribution >= 0.6 is 27.5 Å². The molecule has 0 radical (unpaired) electrons. The summed E-state index contributed by atoms with van der Waals surface area (Å²) < 4.78 is 21.9. The molecule has 0 N–H and O–H groups in total. The van der Waals surface area contributed by atoms with Crippen LogP contribution in [0.3, 0.4) is 0 Å². The van der Waals surface area contributed by atoms with Crippen LogP contribution in [0.4, 0.5) is 4.39 Å². The first-order valence-corrected chi connectivity index (χ1v) is 8.14. The Morgan fingerprint density at radius 2 is 2.14 bits per heavy atom. The maximum absolute atomic E-state index is 13.2. The molecule has 0 aliphatic heterocycles. The van der Waals surface area contributed by atoms with Gasteiger partial charge in [-0.25, -0.2) is 4.39 Å². The Balaban J connectivity index is 2.22. The zero-order chi connectivity index (χ0) is 15.4. The first kappa shape index (κ1) is 16.3. The molecule has 0 amide bonds. The van der Waals surface area contributed by atoms with Crippen molar-refractivity contribution in [2.75, 3.05) is 0 Å². The van der Waals surface area contributed by atoms with Crippen LogP contribution in [-0.4, -0.2) is 9.78 Å². The molecule has 3 nitrogen and oxygen atoms in total. The Kier molecular flexibility index (Phi) is 5.65. The number of aryl methyl sites for hydroxylation is 2. The van der Waals surface area contributed by atoms with Gasteiger partial charge in [0.15, 0.2) is 0 Å². The Labute approximate surface area is 137 Å². The van der Waals surface area contributed by atoms with E-state index in [0.717, 1.165) is 28.8 Å². The number of hydrogen-bond donors (Lipinski definition) is 0. The standard InChI is InChI=1S/C15H17BrClFN2O/c1-3-12-15(16)13(20(4-2)19-12)9-21-14-6-5-11(18)7-10(14)8-17/h5-7H,3-4,8-9H2,1-2H3. The fourth-order valence-corrected chi connectivity index (χ4v) is 2.98. The van der Waals surface area contributed by atoms with Crippen molar-refractivity contribution in [1.82, 2.24) is 9.78 Å². The third-order valence-electron chi connectivity index (χ3n) is 3.23. The van der Waals surface area contributed by atoms with Crippen LogP contribution in [-0.2, 0) is 25.5 Å². The maximum atomic E-state index is 13.2. The van der Waals surface area contributed by atoms with E-state index < -0.39 is 0 Å². The van der Waals surface area contributed by atoms with E-state index in [-0.39, 0.29) is 11.7 Å². The summed E-state index contributed by atoms with van der Waals surface area (Å²) in [6.07, 6.45) is 0.851. The summed E-state index contributed by atoms with van der Waals surface area (Å²) in [6.45, 7) is 5.22. The van der Waals surface area contributed by atoms with Crippen molar-refractivity contribution in [2.45, 2.75) is 39.3 Å². The van der Waals surface area contributed by atoms with Crippen LogP contribution in [0.5, 0.6) is 5.75 Å². The molecule has 21 heavy (non-hydrogen) atoms. The first-order valence-electron chi connectivity index (χ1n) is 6.81. The normalized spacial score (nSPS) is 10.9. The van der Waals surface area contributed by atoms with Crippen molar-refractivity contribution in [3.8, 4) is 5.75 Å². The van der Waals surface area contributed by atoms with E-state index in [0.29, 0.717) is 17.9 Å². The van der Waals surface area contributed by atoms with Gasteiger partial charge in [0, 0.05) is 12.1 Å². The third kappa shape index (κ3) is 3.58. The highest BCUT2D eigenvalue weighted by Crippen LogP contribution is 2.26. The molecule has 6 heteroatoms. The number of halogens is 3. The molecule has 1 aromatic heterocycles. The van der Waals surface area contributed by atoms with Gasteiger partial charge in [0.25, 0.3) is 0 Å². The van der Waals surface area contributed by atoms with Gasteiger partial charge in [-0.1, -0.05) is 6.92 Å². The largest absolute Gasteiger partial charge is 0.487 e. The molecule has 0 atom stereocenters. The van der Waals surface area contributed by atoms with Crippen LogP contribution in [0, 0.1) is 5.82 Å². The van der Waals surface area contributed by atoms with E-state index in [9.17, 15) is 4.39 Å². The van der Waals surface area contributed by atoms with Gasteiger partial charge in [0.2, 0.25) is 0 Å². The minimum Gasteiger partial charge on any atom is -0.487 e. The SMILES string of the molecule is CCc1nn(CC)c(COc2ccc(F)cc2CCl)c1Br. The molecule has 0 bridgehead atoms. The molecule has 1 aromatic carbocycles. The summed E-state index contributed by atoms with van der Waals surface area (Å²) >= 11 is 9.40. The Morgan fingerprint density at radius 3 is 2.76 bits per heavy atom. The number of benzene rings is 1. The Bertz CT molecular complexity index is 630. The molecular formula is C15H17BrClFN2O. The van der Waals surface area contributed by atoms with Gasteiger partial charge in [-0.3, -0.25) is 4.68 Å². The van der Waals surface area contributed by atoms with Crippen LogP contribution in [0.25, 0.3) is 0 Å². The maximum Gasteiger partial charge on any atom is 0.131 e. The summed E-state index contributed by atoms with van der Waals surface area (Å²) in [5.74, 6) is 0.493. The molecule has 0 saturated carbocycles. The number of aromatic nitrogens is 2. The number of alkyl halides is 1. The second-order valence-corrected chi connectivity index (χ2v) is 5.61. The lowest BCUT2D eigenvalue weighted by Gasteiger charge is -2.11. The summed E-state index contributed by atoms with van der Waals surface area (Å²) in [7, 11) is 0. The summed E-state index contributed by atoms with van der Waals surface area (Å²) in [5.41, 5.74) is 2.62. The lowest BCUT2D eigenvalue weighted by Crippen LogP contribution is -2.07. The fraction of sp³-hybridized carbons (Fsp3) is 0.400.